The molecule has 1 aromatic carbocycles. The maximum absolute atomic E-state index is 14.0. The van der Waals surface area contributed by atoms with Crippen molar-refractivity contribution >= 4 is 49.3 Å². The molecule has 202 valence electrons. The molecule has 0 spiro atoms. The Morgan fingerprint density at radius 2 is 2.05 bits per heavy atom. The first-order valence-corrected chi connectivity index (χ1v) is 14.5. The van der Waals surface area contributed by atoms with E-state index < -0.39 is 0 Å². The summed E-state index contributed by atoms with van der Waals surface area (Å²) < 4.78 is 7.63. The molecule has 3 aliphatic rings. The normalized spacial score (nSPS) is 20.4. The summed E-state index contributed by atoms with van der Waals surface area (Å²) in [6, 6.07) is 7.81. The number of ether oxygens (including phenoxy) is 1. The van der Waals surface area contributed by atoms with Crippen LogP contribution >= 0.6 is 11.8 Å². The van der Waals surface area contributed by atoms with Crippen molar-refractivity contribution in [2.45, 2.75) is 49.3 Å². The van der Waals surface area contributed by atoms with Crippen LogP contribution in [0.1, 0.15) is 36.3 Å². The van der Waals surface area contributed by atoms with Gasteiger partial charge in [-0.3, -0.25) is 9.69 Å². The van der Waals surface area contributed by atoms with Crippen LogP contribution in [0.2, 0.25) is 0 Å². The van der Waals surface area contributed by atoms with Crippen LogP contribution in [0.25, 0.3) is 10.9 Å². The smallest absolute Gasteiger partial charge is 0.213 e. The number of pyridine rings is 2. The van der Waals surface area contributed by atoms with Crippen LogP contribution in [0.5, 0.6) is 5.88 Å². The van der Waals surface area contributed by atoms with Crippen molar-refractivity contribution < 1.29 is 4.74 Å². The fraction of sp³-hybridized carbons (Fsp3) is 0.379. The first-order chi connectivity index (χ1) is 19.3. The van der Waals surface area contributed by atoms with Gasteiger partial charge >= 0.3 is 0 Å². The van der Waals surface area contributed by atoms with Crippen molar-refractivity contribution in [1.82, 2.24) is 24.7 Å². The van der Waals surface area contributed by atoms with Crippen LogP contribution in [0.3, 0.4) is 0 Å². The van der Waals surface area contributed by atoms with Gasteiger partial charge in [0.15, 0.2) is 5.43 Å². The Bertz CT molecular complexity index is 1590. The van der Waals surface area contributed by atoms with Gasteiger partial charge in [-0.2, -0.15) is 0 Å². The Morgan fingerprint density at radius 1 is 1.23 bits per heavy atom. The van der Waals surface area contributed by atoms with Gasteiger partial charge in [0.1, 0.15) is 15.7 Å². The van der Waals surface area contributed by atoms with Crippen LogP contribution in [-0.4, -0.2) is 67.8 Å². The highest BCUT2D eigenvalue weighted by Gasteiger charge is 2.33. The van der Waals surface area contributed by atoms with Gasteiger partial charge in [0.2, 0.25) is 5.88 Å². The van der Waals surface area contributed by atoms with Gasteiger partial charge in [-0.15, -0.1) is 10.9 Å². The maximum atomic E-state index is 14.0. The monoisotopic (exact) mass is 550 g/mol. The molecule has 2 unspecified atom stereocenters. The molecular formula is C29H32B2N6O2S. The summed E-state index contributed by atoms with van der Waals surface area (Å²) in [5, 5.41) is 5.10. The van der Waals surface area contributed by atoms with E-state index in [0.29, 0.717) is 41.1 Å². The predicted octanol–water partition coefficient (Wildman–Crippen LogP) is 1.37. The molecule has 2 atom stereocenters. The van der Waals surface area contributed by atoms with Crippen molar-refractivity contribution in [2.24, 2.45) is 5.73 Å². The van der Waals surface area contributed by atoms with Gasteiger partial charge in [0, 0.05) is 61.1 Å². The summed E-state index contributed by atoms with van der Waals surface area (Å²) in [6.07, 6.45) is 7.92. The standard InChI is InChI=1S/C29H32B2N6O2S/c1-17-37-25-12-24(31)23(30)11-21(25)28(38)22(29(37)40-17)16-36(14-18-7-8-33-27(10-18)39-2)20-4-3-9-35(15-20)19-5-6-26(32)34-13-19/h5-8,10-12,17,20,34H,3-4,9,13-16,32H2,1-2H3. The van der Waals surface area contributed by atoms with E-state index >= 15 is 0 Å². The lowest BCUT2D eigenvalue weighted by Gasteiger charge is -2.42. The van der Waals surface area contributed by atoms with E-state index in [1.807, 2.05) is 24.3 Å². The number of rotatable bonds is 7. The minimum Gasteiger partial charge on any atom is -0.481 e. The van der Waals surface area contributed by atoms with Gasteiger partial charge in [0.25, 0.3) is 0 Å². The molecule has 1 saturated heterocycles. The highest BCUT2D eigenvalue weighted by atomic mass is 32.2. The zero-order valence-electron chi connectivity index (χ0n) is 22.9. The number of nitrogens with zero attached hydrogens (tertiary/aromatic N) is 4. The Balaban J connectivity index is 1.38. The molecule has 3 aliphatic heterocycles. The van der Waals surface area contributed by atoms with Crippen molar-refractivity contribution in [3.05, 3.63) is 75.5 Å². The fourth-order valence-electron chi connectivity index (χ4n) is 5.95. The van der Waals surface area contributed by atoms with Crippen molar-refractivity contribution in [1.29, 1.82) is 0 Å². The predicted molar refractivity (Wildman–Crippen MR) is 163 cm³/mol. The molecule has 5 heterocycles. The lowest BCUT2D eigenvalue weighted by atomic mass is 9.79. The van der Waals surface area contributed by atoms with Crippen LogP contribution < -0.4 is 32.1 Å². The van der Waals surface area contributed by atoms with Gasteiger partial charge in [-0.25, -0.2) is 4.98 Å². The molecule has 4 radical (unpaired) electrons. The lowest BCUT2D eigenvalue weighted by molar-refractivity contribution is 0.0998. The summed E-state index contributed by atoms with van der Waals surface area (Å²) in [5.41, 5.74) is 10.9. The molecule has 0 aliphatic carbocycles. The number of benzene rings is 1. The maximum Gasteiger partial charge on any atom is 0.213 e. The average molecular weight is 550 g/mol. The molecule has 1 fully saturated rings. The number of hydrogen-bond donors (Lipinski definition) is 2. The van der Waals surface area contributed by atoms with E-state index in [0.717, 1.165) is 54.1 Å². The summed E-state index contributed by atoms with van der Waals surface area (Å²) in [4.78, 5) is 23.2. The molecule has 8 nitrogen and oxygen atoms in total. The number of nitrogens with one attached hydrogen (secondary N) is 1. The SMILES string of the molecule is [B]c1cc2c(=O)c(CN(Cc3ccnc(OC)c3)C3CCCN(C4=CC=C(N)NC4)C3)c3n(c2cc1[B])C(C)S3. The summed E-state index contributed by atoms with van der Waals surface area (Å²) >= 11 is 1.73. The number of methoxy groups -OCH3 is 1. The van der Waals surface area contributed by atoms with E-state index in [2.05, 4.69) is 37.7 Å². The molecule has 3 aromatic rings. The second-order valence-corrected chi connectivity index (χ2v) is 12.0. The van der Waals surface area contributed by atoms with E-state index in [1.54, 1.807) is 31.1 Å². The van der Waals surface area contributed by atoms with Crippen molar-refractivity contribution in [3.63, 3.8) is 0 Å². The van der Waals surface area contributed by atoms with E-state index in [1.165, 1.54) is 5.70 Å². The quantitative estimate of drug-likeness (QED) is 0.427. The third kappa shape index (κ3) is 5.01. The Kier molecular flexibility index (Phi) is 7.35. The van der Waals surface area contributed by atoms with Gasteiger partial charge in [-0.1, -0.05) is 17.8 Å². The van der Waals surface area contributed by atoms with Crippen molar-refractivity contribution in [3.8, 4) is 5.88 Å². The molecule has 2 aromatic heterocycles. The first-order valence-electron chi connectivity index (χ1n) is 13.6. The van der Waals surface area contributed by atoms with Gasteiger partial charge in [-0.05, 0) is 49.6 Å². The highest BCUT2D eigenvalue weighted by Crippen LogP contribution is 2.46. The second kappa shape index (κ2) is 10.9. The van der Waals surface area contributed by atoms with Gasteiger partial charge < -0.3 is 25.3 Å². The summed E-state index contributed by atoms with van der Waals surface area (Å²) in [7, 11) is 13.9. The zero-order chi connectivity index (χ0) is 28.0. The molecule has 11 heteroatoms. The second-order valence-electron chi connectivity index (χ2n) is 10.7. The Labute approximate surface area is 241 Å². The number of thioether (sulfide) groups is 1. The third-order valence-corrected chi connectivity index (χ3v) is 9.32. The van der Waals surface area contributed by atoms with Crippen LogP contribution in [0.15, 0.2) is 64.0 Å². The minimum absolute atomic E-state index is 0.0251. The number of allylic oxidation sites excluding steroid dienone is 2. The van der Waals surface area contributed by atoms with Gasteiger partial charge in [0.05, 0.1) is 35.4 Å². The van der Waals surface area contributed by atoms with Crippen LogP contribution in [-0.2, 0) is 13.1 Å². The van der Waals surface area contributed by atoms with E-state index in [4.69, 9.17) is 26.2 Å². The van der Waals surface area contributed by atoms with Crippen LogP contribution in [0.4, 0.5) is 0 Å². The number of fused-ring (bicyclic) bond motifs is 3. The molecule has 0 saturated carbocycles. The van der Waals surface area contributed by atoms with E-state index in [-0.39, 0.29) is 16.8 Å². The number of hydrogen-bond acceptors (Lipinski definition) is 8. The number of likely N-dealkylation sites (tertiary alicyclic amines) is 1. The van der Waals surface area contributed by atoms with Crippen LogP contribution in [0, 0.1) is 0 Å². The number of nitrogens with two attached hydrogens (primary N) is 1. The third-order valence-electron chi connectivity index (χ3n) is 8.11. The topological polar surface area (TPSA) is 88.7 Å². The molecule has 40 heavy (non-hydrogen) atoms. The van der Waals surface area contributed by atoms with Crippen molar-refractivity contribution in [2.75, 3.05) is 26.7 Å². The largest absolute Gasteiger partial charge is 0.481 e. The number of dihydropyridines is 1. The number of piperidine rings is 1. The van der Waals surface area contributed by atoms with E-state index in [9.17, 15) is 4.79 Å². The Hall–Kier alpha value is -3.30. The average Bonchev–Trinajstić information content (AvgIpc) is 2.95. The number of aromatic nitrogens is 2. The summed E-state index contributed by atoms with van der Waals surface area (Å²) in [6.45, 7) is 5.93. The fourth-order valence-corrected chi connectivity index (χ4v) is 7.11. The Morgan fingerprint density at radius 3 is 2.80 bits per heavy atom. The first kappa shape index (κ1) is 26.9. The molecular weight excluding hydrogens is 518 g/mol. The molecule has 3 N–H and O–H groups in total. The molecule has 0 bridgehead atoms. The summed E-state index contributed by atoms with van der Waals surface area (Å²) in [5.74, 6) is 1.27. The zero-order valence-corrected chi connectivity index (χ0v) is 23.7. The molecule has 0 amide bonds. The highest BCUT2D eigenvalue weighted by molar-refractivity contribution is 8.00. The minimum atomic E-state index is 0.0251. The lowest BCUT2D eigenvalue weighted by Crippen LogP contribution is -2.49. The molecule has 6 rings (SSSR count).